The number of rotatable bonds is 1. The average Bonchev–Trinajstić information content (AvgIpc) is 1.65. The Morgan fingerprint density at radius 2 is 2.25 bits per heavy atom. The molecule has 1 nitrogen and oxygen atoms in total. The van der Waals surface area contributed by atoms with Gasteiger partial charge in [0.25, 0.3) is 0 Å². The van der Waals surface area contributed by atoms with E-state index in [0.717, 1.165) is 3.58 Å². The normalized spacial score (nSPS) is 14.5. The molecule has 0 bridgehead atoms. The van der Waals surface area contributed by atoms with Gasteiger partial charge in [0.05, 0.1) is 0 Å². The molecule has 46 valence electrons. The quantitative estimate of drug-likeness (QED) is 0.496. The summed E-state index contributed by atoms with van der Waals surface area (Å²) < 4.78 is 1.14. The second-order valence-electron chi connectivity index (χ2n) is 1.28. The zero-order valence-electron chi connectivity index (χ0n) is 4.78. The first kappa shape index (κ1) is 8.43. The van der Waals surface area contributed by atoms with E-state index >= 15 is 0 Å². The summed E-state index contributed by atoms with van der Waals surface area (Å²) in [5, 5.41) is 0.553. The highest BCUT2D eigenvalue weighted by Crippen LogP contribution is 2.04. The maximum atomic E-state index is 5.53. The van der Waals surface area contributed by atoms with Crippen LogP contribution in [0.25, 0.3) is 0 Å². The Balaban J connectivity index is 3.89. The molecule has 0 aliphatic heterocycles. The van der Waals surface area contributed by atoms with Crippen molar-refractivity contribution in [3.8, 4) is 0 Å². The maximum Gasteiger partial charge on any atom is 0.123 e. The molecule has 0 rings (SSSR count). The average molecular weight is 243 g/mol. The Bertz CT molecular complexity index is 124. The number of hydrogen-bond acceptors (Lipinski definition) is 1. The third-order valence-corrected chi connectivity index (χ3v) is 1.12. The summed E-state index contributed by atoms with van der Waals surface area (Å²) in [7, 11) is 1.67. The van der Waals surface area contributed by atoms with Gasteiger partial charge in [-0.2, -0.15) is 0 Å². The summed E-state index contributed by atoms with van der Waals surface area (Å²) in [4.78, 5) is 3.73. The molecule has 0 aromatic heterocycles. The molecule has 0 radical (unpaired) electrons. The van der Waals surface area contributed by atoms with Crippen molar-refractivity contribution in [1.29, 1.82) is 0 Å². The lowest BCUT2D eigenvalue weighted by molar-refractivity contribution is 1.46. The minimum absolute atomic E-state index is 0.553. The summed E-state index contributed by atoms with van der Waals surface area (Å²) in [5.74, 6) is 0. The molecule has 0 aliphatic carbocycles. The minimum Gasteiger partial charge on any atom is -0.277 e. The van der Waals surface area contributed by atoms with Crippen LogP contribution in [0, 0.1) is 0 Å². The molecule has 0 amide bonds. The summed E-state index contributed by atoms with van der Waals surface area (Å²) >= 11 is 7.71. The Hall–Kier alpha value is 0.430. The number of nitrogens with zero attached hydrogens (tertiary/aromatic N) is 1. The molecular formula is C5H7ClIN. The molecule has 0 N–H and O–H groups in total. The lowest BCUT2D eigenvalue weighted by atomic mass is 10.6. The highest BCUT2D eigenvalue weighted by molar-refractivity contribution is 14.1. The van der Waals surface area contributed by atoms with Gasteiger partial charge >= 0.3 is 0 Å². The number of aliphatic imine (C=N–C) groups is 1. The second-order valence-corrected chi connectivity index (χ2v) is 3.37. The molecule has 0 fully saturated rings. The van der Waals surface area contributed by atoms with Crippen molar-refractivity contribution in [3.05, 3.63) is 9.66 Å². The fourth-order valence-corrected chi connectivity index (χ4v) is 0.871. The predicted molar refractivity (Wildman–Crippen MR) is 47.0 cm³/mol. The third kappa shape index (κ3) is 4.59. The van der Waals surface area contributed by atoms with Crippen LogP contribution in [0.4, 0.5) is 0 Å². The van der Waals surface area contributed by atoms with Crippen LogP contribution in [-0.4, -0.2) is 12.2 Å². The van der Waals surface area contributed by atoms with Gasteiger partial charge in [-0.3, -0.25) is 4.99 Å². The molecule has 0 unspecified atom stereocenters. The summed E-state index contributed by atoms with van der Waals surface area (Å²) in [6.45, 7) is 1.97. The molecule has 0 atom stereocenters. The van der Waals surface area contributed by atoms with Crippen molar-refractivity contribution >= 4 is 39.4 Å². The van der Waals surface area contributed by atoms with Gasteiger partial charge < -0.3 is 0 Å². The van der Waals surface area contributed by atoms with Crippen LogP contribution in [0.3, 0.4) is 0 Å². The van der Waals surface area contributed by atoms with Gasteiger partial charge in [0.1, 0.15) is 5.17 Å². The highest BCUT2D eigenvalue weighted by atomic mass is 127. The monoisotopic (exact) mass is 243 g/mol. The zero-order valence-corrected chi connectivity index (χ0v) is 7.69. The molecule has 0 aliphatic rings. The van der Waals surface area contributed by atoms with Crippen molar-refractivity contribution in [2.75, 3.05) is 7.05 Å². The lowest BCUT2D eigenvalue weighted by Crippen LogP contribution is -1.77. The first-order chi connectivity index (χ1) is 3.66. The Labute approximate surface area is 68.0 Å². The van der Waals surface area contributed by atoms with E-state index in [0.29, 0.717) is 5.17 Å². The van der Waals surface area contributed by atoms with E-state index in [1.54, 1.807) is 7.05 Å². The van der Waals surface area contributed by atoms with E-state index in [1.165, 1.54) is 0 Å². The summed E-state index contributed by atoms with van der Waals surface area (Å²) in [5.41, 5.74) is 0. The molecule has 0 spiro atoms. The fourth-order valence-electron chi connectivity index (χ4n) is 0.229. The fraction of sp³-hybridized carbons (Fsp3) is 0.400. The Kier molecular flexibility index (Phi) is 4.56. The van der Waals surface area contributed by atoms with Gasteiger partial charge in [-0.25, -0.2) is 0 Å². The van der Waals surface area contributed by atoms with E-state index in [4.69, 9.17) is 11.6 Å². The topological polar surface area (TPSA) is 12.4 Å². The smallest absolute Gasteiger partial charge is 0.123 e. The van der Waals surface area contributed by atoms with Gasteiger partial charge in [-0.1, -0.05) is 11.6 Å². The van der Waals surface area contributed by atoms with E-state index in [1.807, 2.05) is 13.0 Å². The predicted octanol–water partition coefficient (Wildman–Crippen LogP) is 2.59. The SMILES string of the molecule is C/N=C(Cl)\C=C(/C)I. The minimum atomic E-state index is 0.553. The molecule has 0 aromatic carbocycles. The number of halogens is 2. The van der Waals surface area contributed by atoms with Crippen molar-refractivity contribution in [1.82, 2.24) is 0 Å². The zero-order chi connectivity index (χ0) is 6.57. The second kappa shape index (κ2) is 4.32. The number of allylic oxidation sites excluding steroid dienone is 2. The molecule has 0 saturated carbocycles. The van der Waals surface area contributed by atoms with Gasteiger partial charge in [0.2, 0.25) is 0 Å². The Morgan fingerprint density at radius 3 is 2.38 bits per heavy atom. The van der Waals surface area contributed by atoms with Crippen LogP contribution < -0.4 is 0 Å². The van der Waals surface area contributed by atoms with Crippen molar-refractivity contribution in [2.45, 2.75) is 6.92 Å². The van der Waals surface area contributed by atoms with Crippen LogP contribution >= 0.6 is 34.2 Å². The highest BCUT2D eigenvalue weighted by Gasteiger charge is 1.83. The van der Waals surface area contributed by atoms with Crippen LogP contribution in [0.2, 0.25) is 0 Å². The molecular weight excluding hydrogens is 236 g/mol. The Morgan fingerprint density at radius 1 is 1.75 bits per heavy atom. The van der Waals surface area contributed by atoms with Gasteiger partial charge in [0.15, 0.2) is 0 Å². The first-order valence-electron chi connectivity index (χ1n) is 2.13. The van der Waals surface area contributed by atoms with Crippen molar-refractivity contribution < 1.29 is 0 Å². The van der Waals surface area contributed by atoms with Crippen LogP contribution in [0.1, 0.15) is 6.92 Å². The molecule has 0 aromatic rings. The van der Waals surface area contributed by atoms with Gasteiger partial charge in [0, 0.05) is 7.05 Å². The van der Waals surface area contributed by atoms with Crippen molar-refractivity contribution in [2.24, 2.45) is 4.99 Å². The van der Waals surface area contributed by atoms with Crippen LogP contribution in [0.15, 0.2) is 14.6 Å². The molecule has 8 heavy (non-hydrogen) atoms. The van der Waals surface area contributed by atoms with Gasteiger partial charge in [-0.05, 0) is 39.2 Å². The third-order valence-electron chi connectivity index (χ3n) is 0.532. The molecule has 0 heterocycles. The lowest BCUT2D eigenvalue weighted by Gasteiger charge is -1.83. The summed E-state index contributed by atoms with van der Waals surface area (Å²) in [6.07, 6.45) is 1.81. The molecule has 0 saturated heterocycles. The van der Waals surface area contributed by atoms with Crippen molar-refractivity contribution in [3.63, 3.8) is 0 Å². The standard InChI is InChI=1S/C5H7ClIN/c1-4(7)3-5(6)8-2/h3H,1-2H3/b4-3+,8-5+. The largest absolute Gasteiger partial charge is 0.277 e. The summed E-state index contributed by atoms with van der Waals surface area (Å²) in [6, 6.07) is 0. The number of hydrogen-bond donors (Lipinski definition) is 0. The van der Waals surface area contributed by atoms with E-state index < -0.39 is 0 Å². The van der Waals surface area contributed by atoms with E-state index in [-0.39, 0.29) is 0 Å². The van der Waals surface area contributed by atoms with E-state index in [2.05, 4.69) is 27.6 Å². The molecule has 3 heteroatoms. The van der Waals surface area contributed by atoms with Gasteiger partial charge in [-0.15, -0.1) is 0 Å². The van der Waals surface area contributed by atoms with Crippen LogP contribution in [0.5, 0.6) is 0 Å². The first-order valence-corrected chi connectivity index (χ1v) is 3.58. The maximum absolute atomic E-state index is 5.53. The van der Waals surface area contributed by atoms with Crippen LogP contribution in [-0.2, 0) is 0 Å². The van der Waals surface area contributed by atoms with E-state index in [9.17, 15) is 0 Å².